The van der Waals surface area contributed by atoms with Crippen molar-refractivity contribution in [2.45, 2.75) is 12.5 Å². The normalized spacial score (nSPS) is 17.5. The molecular weight excluding hydrogens is 513 g/mol. The van der Waals surface area contributed by atoms with Crippen LogP contribution in [0, 0.1) is 5.82 Å². The summed E-state index contributed by atoms with van der Waals surface area (Å²) in [5, 5.41) is 6.19. The molecular formula is C30H34FN5O4. The Bertz CT molecular complexity index is 1350. The van der Waals surface area contributed by atoms with Crippen LogP contribution in [0.4, 0.5) is 4.39 Å². The average molecular weight is 548 g/mol. The average Bonchev–Trinajstić information content (AvgIpc) is 3.62. The van der Waals surface area contributed by atoms with Crippen molar-refractivity contribution in [1.29, 1.82) is 0 Å². The summed E-state index contributed by atoms with van der Waals surface area (Å²) in [6.07, 6.45) is 2.41. The molecule has 3 heterocycles. The maximum Gasteiger partial charge on any atom is 0.262 e. The number of halogens is 1. The SMILES string of the molecule is COc1ccc(C(=O)N(CCN2CCOCC2)CC(=O)N2N=C(c3cccn3C)C[C@H]2c2ccc(F)cc2)cc1. The van der Waals surface area contributed by atoms with Gasteiger partial charge in [-0.15, -0.1) is 0 Å². The molecule has 10 heteroatoms. The van der Waals surface area contributed by atoms with E-state index in [4.69, 9.17) is 14.6 Å². The van der Waals surface area contributed by atoms with Crippen LogP contribution < -0.4 is 4.74 Å². The molecule has 1 atom stereocenters. The molecule has 0 radical (unpaired) electrons. The monoisotopic (exact) mass is 547 g/mol. The number of hydrazone groups is 1. The fourth-order valence-corrected chi connectivity index (χ4v) is 5.09. The first-order chi connectivity index (χ1) is 19.4. The zero-order valence-electron chi connectivity index (χ0n) is 22.8. The van der Waals surface area contributed by atoms with Crippen LogP contribution in [0.3, 0.4) is 0 Å². The number of aryl methyl sites for hydroxylation is 1. The molecule has 0 aliphatic carbocycles. The van der Waals surface area contributed by atoms with Crippen LogP contribution in [-0.2, 0) is 16.6 Å². The number of carbonyl (C=O) groups is 2. The zero-order chi connectivity index (χ0) is 28.1. The third kappa shape index (κ3) is 6.24. The molecule has 210 valence electrons. The summed E-state index contributed by atoms with van der Waals surface area (Å²) < 4.78 is 26.4. The van der Waals surface area contributed by atoms with Gasteiger partial charge in [-0.25, -0.2) is 9.40 Å². The Balaban J connectivity index is 1.40. The molecule has 0 saturated carbocycles. The summed E-state index contributed by atoms with van der Waals surface area (Å²) in [5.74, 6) is -0.243. The van der Waals surface area contributed by atoms with Crippen molar-refractivity contribution in [2.75, 3.05) is 53.0 Å². The number of hydrogen-bond acceptors (Lipinski definition) is 6. The minimum absolute atomic E-state index is 0.142. The number of nitrogens with zero attached hydrogens (tertiary/aromatic N) is 5. The van der Waals surface area contributed by atoms with Gasteiger partial charge in [0.2, 0.25) is 0 Å². The summed E-state index contributed by atoms with van der Waals surface area (Å²) in [6.45, 7) is 3.71. The molecule has 1 saturated heterocycles. The summed E-state index contributed by atoms with van der Waals surface area (Å²) in [7, 11) is 3.50. The number of rotatable bonds is 9. The minimum atomic E-state index is -0.407. The van der Waals surface area contributed by atoms with E-state index < -0.39 is 6.04 Å². The van der Waals surface area contributed by atoms with E-state index in [1.807, 2.05) is 29.9 Å². The molecule has 40 heavy (non-hydrogen) atoms. The van der Waals surface area contributed by atoms with Crippen molar-refractivity contribution in [3.8, 4) is 5.75 Å². The zero-order valence-corrected chi connectivity index (χ0v) is 22.8. The van der Waals surface area contributed by atoms with E-state index in [9.17, 15) is 14.0 Å². The number of benzene rings is 2. The lowest BCUT2D eigenvalue weighted by molar-refractivity contribution is -0.133. The largest absolute Gasteiger partial charge is 0.497 e. The summed E-state index contributed by atoms with van der Waals surface area (Å²) in [5.41, 5.74) is 2.92. The molecule has 1 fully saturated rings. The quantitative estimate of drug-likeness (QED) is 0.411. The van der Waals surface area contributed by atoms with E-state index in [2.05, 4.69) is 4.90 Å². The second-order valence-corrected chi connectivity index (χ2v) is 9.97. The van der Waals surface area contributed by atoms with Gasteiger partial charge in [0, 0.05) is 51.4 Å². The smallest absolute Gasteiger partial charge is 0.262 e. The van der Waals surface area contributed by atoms with Gasteiger partial charge in [-0.2, -0.15) is 5.10 Å². The van der Waals surface area contributed by atoms with E-state index in [-0.39, 0.29) is 24.2 Å². The van der Waals surface area contributed by atoms with Crippen LogP contribution >= 0.6 is 0 Å². The summed E-state index contributed by atoms with van der Waals surface area (Å²) in [4.78, 5) is 31.3. The maximum absolute atomic E-state index is 13.9. The lowest BCUT2D eigenvalue weighted by Gasteiger charge is -2.31. The predicted octanol–water partition coefficient (Wildman–Crippen LogP) is 3.33. The van der Waals surface area contributed by atoms with E-state index in [0.717, 1.165) is 30.1 Å². The van der Waals surface area contributed by atoms with Crippen LogP contribution in [0.25, 0.3) is 0 Å². The third-order valence-electron chi connectivity index (χ3n) is 7.40. The van der Waals surface area contributed by atoms with Crippen molar-refractivity contribution >= 4 is 17.5 Å². The highest BCUT2D eigenvalue weighted by Gasteiger charge is 2.35. The molecule has 2 aromatic carbocycles. The Morgan fingerprint density at radius 2 is 1.80 bits per heavy atom. The number of carbonyl (C=O) groups excluding carboxylic acids is 2. The van der Waals surface area contributed by atoms with Gasteiger partial charge in [0.05, 0.1) is 37.8 Å². The lowest BCUT2D eigenvalue weighted by Crippen LogP contribution is -2.46. The highest BCUT2D eigenvalue weighted by Crippen LogP contribution is 2.33. The molecule has 5 rings (SSSR count). The molecule has 0 unspecified atom stereocenters. The minimum Gasteiger partial charge on any atom is -0.497 e. The van der Waals surface area contributed by atoms with Gasteiger partial charge in [-0.1, -0.05) is 12.1 Å². The Kier molecular flexibility index (Phi) is 8.57. The molecule has 2 aliphatic heterocycles. The third-order valence-corrected chi connectivity index (χ3v) is 7.40. The number of morpholine rings is 1. The number of aromatic nitrogens is 1. The second-order valence-electron chi connectivity index (χ2n) is 9.97. The number of hydrogen-bond donors (Lipinski definition) is 0. The van der Waals surface area contributed by atoms with Crippen molar-refractivity contribution < 1.29 is 23.5 Å². The van der Waals surface area contributed by atoms with Crippen LogP contribution in [0.1, 0.15) is 34.1 Å². The Labute approximate surface area is 233 Å². The molecule has 0 spiro atoms. The van der Waals surface area contributed by atoms with Gasteiger partial charge in [0.25, 0.3) is 11.8 Å². The highest BCUT2D eigenvalue weighted by molar-refractivity contribution is 6.02. The summed E-state index contributed by atoms with van der Waals surface area (Å²) in [6, 6.07) is 16.5. The Morgan fingerprint density at radius 3 is 2.45 bits per heavy atom. The molecule has 0 bridgehead atoms. The molecule has 3 aromatic rings. The fraction of sp³-hybridized carbons (Fsp3) is 0.367. The van der Waals surface area contributed by atoms with Gasteiger partial charge in [0.15, 0.2) is 0 Å². The molecule has 2 aliphatic rings. The van der Waals surface area contributed by atoms with Crippen LogP contribution in [0.5, 0.6) is 5.75 Å². The van der Waals surface area contributed by atoms with Gasteiger partial charge in [-0.3, -0.25) is 14.5 Å². The highest BCUT2D eigenvalue weighted by atomic mass is 19.1. The predicted molar refractivity (Wildman–Crippen MR) is 149 cm³/mol. The standard InChI is InChI=1S/C30H34FN5O4/c1-33-13-3-4-27(33)26-20-28(22-5-9-24(31)10-6-22)36(32-26)29(37)21-35(15-14-34-16-18-40-19-17-34)30(38)23-7-11-25(39-2)12-8-23/h3-13,28H,14-21H2,1-2H3/t28-/m0/s1. The van der Waals surface area contributed by atoms with Crippen molar-refractivity contribution in [1.82, 2.24) is 19.4 Å². The van der Waals surface area contributed by atoms with E-state index in [0.29, 0.717) is 44.0 Å². The second kappa shape index (κ2) is 12.4. The van der Waals surface area contributed by atoms with E-state index in [1.165, 1.54) is 17.1 Å². The van der Waals surface area contributed by atoms with Crippen molar-refractivity contribution in [2.24, 2.45) is 12.1 Å². The van der Waals surface area contributed by atoms with Gasteiger partial charge >= 0.3 is 0 Å². The van der Waals surface area contributed by atoms with Crippen molar-refractivity contribution in [3.05, 3.63) is 89.5 Å². The van der Waals surface area contributed by atoms with Crippen LogP contribution in [0.2, 0.25) is 0 Å². The van der Waals surface area contributed by atoms with Crippen LogP contribution in [0.15, 0.2) is 72.0 Å². The molecule has 1 aromatic heterocycles. The van der Waals surface area contributed by atoms with E-state index >= 15 is 0 Å². The molecule has 2 amide bonds. The Hall–Kier alpha value is -4.02. The van der Waals surface area contributed by atoms with Gasteiger partial charge in [0.1, 0.15) is 18.1 Å². The molecule has 0 N–H and O–H groups in total. The number of amides is 2. The Morgan fingerprint density at radius 1 is 1.07 bits per heavy atom. The van der Waals surface area contributed by atoms with Crippen molar-refractivity contribution in [3.63, 3.8) is 0 Å². The van der Waals surface area contributed by atoms with Gasteiger partial charge < -0.3 is 18.9 Å². The lowest BCUT2D eigenvalue weighted by atomic mass is 10.0. The number of methoxy groups -OCH3 is 1. The van der Waals surface area contributed by atoms with Gasteiger partial charge in [-0.05, 0) is 54.1 Å². The fourth-order valence-electron chi connectivity index (χ4n) is 5.09. The summed E-state index contributed by atoms with van der Waals surface area (Å²) >= 11 is 0. The first-order valence-corrected chi connectivity index (χ1v) is 13.4. The number of ether oxygens (including phenoxy) is 2. The first kappa shape index (κ1) is 27.5. The first-order valence-electron chi connectivity index (χ1n) is 13.4. The van der Waals surface area contributed by atoms with E-state index in [1.54, 1.807) is 48.4 Å². The maximum atomic E-state index is 13.9. The van der Waals surface area contributed by atoms with Crippen LogP contribution in [-0.4, -0.2) is 89.9 Å². The topological polar surface area (TPSA) is 79.6 Å². The molecule has 9 nitrogen and oxygen atoms in total.